The second-order valence-corrected chi connectivity index (χ2v) is 4.65. The van der Waals surface area contributed by atoms with Crippen LogP contribution in [-0.2, 0) is 10.0 Å². The minimum atomic E-state index is -3.82. The van der Waals surface area contributed by atoms with E-state index in [9.17, 15) is 13.3 Å². The Labute approximate surface area is 87.5 Å². The van der Waals surface area contributed by atoms with E-state index in [2.05, 4.69) is 5.29 Å². The van der Waals surface area contributed by atoms with Gasteiger partial charge < -0.3 is 4.74 Å². The van der Waals surface area contributed by atoms with Gasteiger partial charge in [0.2, 0.25) is 0 Å². The standard InChI is InChI=1S/C8H10N2O4S/c1-10(9-11)15(12,13)8-5-3-7(14-2)4-6-8/h3-6H,1-2H3. The molecule has 0 atom stereocenters. The lowest BCUT2D eigenvalue weighted by Crippen LogP contribution is -2.20. The third-order valence-electron chi connectivity index (χ3n) is 1.82. The van der Waals surface area contributed by atoms with Crippen molar-refractivity contribution >= 4 is 10.0 Å². The third-order valence-corrected chi connectivity index (χ3v) is 3.45. The molecule has 0 bridgehead atoms. The third kappa shape index (κ3) is 2.24. The van der Waals surface area contributed by atoms with Gasteiger partial charge in [-0.1, -0.05) is 0 Å². The highest BCUT2D eigenvalue weighted by molar-refractivity contribution is 7.89. The molecule has 0 fully saturated rings. The number of nitroso groups, excluding NO2 is 1. The summed E-state index contributed by atoms with van der Waals surface area (Å²) in [5.74, 6) is 0.538. The number of nitrogens with zero attached hydrogens (tertiary/aromatic N) is 2. The molecule has 0 aromatic heterocycles. The lowest BCUT2D eigenvalue weighted by molar-refractivity contribution is 0.414. The van der Waals surface area contributed by atoms with Gasteiger partial charge in [0.1, 0.15) is 5.75 Å². The molecule has 0 amide bonds. The van der Waals surface area contributed by atoms with Gasteiger partial charge >= 0.3 is 0 Å². The van der Waals surface area contributed by atoms with E-state index in [0.717, 1.165) is 7.05 Å². The zero-order valence-electron chi connectivity index (χ0n) is 8.25. The topological polar surface area (TPSA) is 76.0 Å². The lowest BCUT2D eigenvalue weighted by Gasteiger charge is -2.09. The fraction of sp³-hybridized carbons (Fsp3) is 0.250. The van der Waals surface area contributed by atoms with Crippen LogP contribution in [0.25, 0.3) is 0 Å². The maximum absolute atomic E-state index is 11.6. The molecule has 0 N–H and O–H groups in total. The quantitative estimate of drug-likeness (QED) is 0.571. The summed E-state index contributed by atoms with van der Waals surface area (Å²) in [4.78, 5) is 10.1. The summed E-state index contributed by atoms with van der Waals surface area (Å²) in [5.41, 5.74) is 0. The summed E-state index contributed by atoms with van der Waals surface area (Å²) in [7, 11) is -1.26. The molecule has 6 nitrogen and oxygen atoms in total. The van der Waals surface area contributed by atoms with Crippen LogP contribution in [0.1, 0.15) is 0 Å². The number of hydrogen-bond donors (Lipinski definition) is 0. The van der Waals surface area contributed by atoms with E-state index in [0.29, 0.717) is 10.2 Å². The second-order valence-electron chi connectivity index (χ2n) is 2.70. The summed E-state index contributed by atoms with van der Waals surface area (Å²) in [5, 5.41) is 2.34. The van der Waals surface area contributed by atoms with E-state index < -0.39 is 10.0 Å². The van der Waals surface area contributed by atoms with Crippen molar-refractivity contribution in [1.82, 2.24) is 4.41 Å². The molecule has 0 saturated carbocycles. The highest BCUT2D eigenvalue weighted by Gasteiger charge is 2.20. The van der Waals surface area contributed by atoms with Crippen LogP contribution in [0.4, 0.5) is 0 Å². The molecular weight excluding hydrogens is 220 g/mol. The molecule has 7 heteroatoms. The first kappa shape index (κ1) is 11.4. The molecule has 15 heavy (non-hydrogen) atoms. The van der Waals surface area contributed by atoms with Gasteiger partial charge in [0, 0.05) is 7.05 Å². The highest BCUT2D eigenvalue weighted by Crippen LogP contribution is 2.18. The number of rotatable bonds is 4. The molecule has 0 aliphatic carbocycles. The predicted molar refractivity (Wildman–Crippen MR) is 53.7 cm³/mol. The van der Waals surface area contributed by atoms with Crippen molar-refractivity contribution in [1.29, 1.82) is 0 Å². The van der Waals surface area contributed by atoms with Gasteiger partial charge in [0.05, 0.1) is 17.3 Å². The lowest BCUT2D eigenvalue weighted by atomic mass is 10.3. The Hall–Kier alpha value is -1.63. The largest absolute Gasteiger partial charge is 0.497 e. The van der Waals surface area contributed by atoms with Gasteiger partial charge in [-0.05, 0) is 24.3 Å². The first-order chi connectivity index (χ1) is 7.02. The SMILES string of the molecule is COc1ccc(S(=O)(=O)N(C)N=O)cc1. The monoisotopic (exact) mass is 230 g/mol. The molecule has 0 heterocycles. The minimum absolute atomic E-state index is 0.00889. The van der Waals surface area contributed by atoms with Gasteiger partial charge in [-0.25, -0.2) is 0 Å². The van der Waals surface area contributed by atoms with Crippen molar-refractivity contribution in [3.63, 3.8) is 0 Å². The van der Waals surface area contributed by atoms with Crippen molar-refractivity contribution < 1.29 is 13.2 Å². The van der Waals surface area contributed by atoms with Gasteiger partial charge in [-0.15, -0.1) is 4.91 Å². The summed E-state index contributed by atoms with van der Waals surface area (Å²) in [6, 6.07) is 5.67. The van der Waals surface area contributed by atoms with Crippen LogP contribution in [-0.4, -0.2) is 27.0 Å². The smallest absolute Gasteiger partial charge is 0.281 e. The average Bonchev–Trinajstić information content (AvgIpc) is 2.28. The van der Waals surface area contributed by atoms with Crippen molar-refractivity contribution in [3.8, 4) is 5.75 Å². The molecule has 0 unspecified atom stereocenters. The zero-order valence-corrected chi connectivity index (χ0v) is 9.06. The van der Waals surface area contributed by atoms with Crippen molar-refractivity contribution in [2.75, 3.05) is 14.2 Å². The normalized spacial score (nSPS) is 10.8. The van der Waals surface area contributed by atoms with Gasteiger partial charge in [-0.2, -0.15) is 12.8 Å². The van der Waals surface area contributed by atoms with Crippen LogP contribution in [0.5, 0.6) is 5.75 Å². The first-order valence-corrected chi connectivity index (χ1v) is 5.42. The molecular formula is C8H10N2O4S. The van der Waals surface area contributed by atoms with Crippen LogP contribution in [0.3, 0.4) is 0 Å². The summed E-state index contributed by atoms with van der Waals surface area (Å²) >= 11 is 0. The Balaban J connectivity index is 3.11. The molecule has 0 saturated heterocycles. The zero-order chi connectivity index (χ0) is 11.5. The number of sulfonamides is 1. The fourth-order valence-electron chi connectivity index (χ4n) is 0.944. The molecule has 1 rings (SSSR count). The van der Waals surface area contributed by atoms with E-state index in [1.54, 1.807) is 0 Å². The van der Waals surface area contributed by atoms with E-state index >= 15 is 0 Å². The Morgan fingerprint density at radius 3 is 2.20 bits per heavy atom. The summed E-state index contributed by atoms with van der Waals surface area (Å²) in [6.45, 7) is 0. The van der Waals surface area contributed by atoms with Crippen LogP contribution in [0, 0.1) is 4.91 Å². The molecule has 0 spiro atoms. The average molecular weight is 230 g/mol. The number of hydrogen-bond acceptors (Lipinski definition) is 5. The highest BCUT2D eigenvalue weighted by atomic mass is 32.2. The summed E-state index contributed by atoms with van der Waals surface area (Å²) < 4.78 is 28.4. The second kappa shape index (κ2) is 4.26. The van der Waals surface area contributed by atoms with Crippen LogP contribution < -0.4 is 4.74 Å². The molecule has 82 valence electrons. The van der Waals surface area contributed by atoms with Crippen LogP contribution in [0.2, 0.25) is 0 Å². The Kier molecular flexibility index (Phi) is 3.25. The van der Waals surface area contributed by atoms with Gasteiger partial charge in [0.15, 0.2) is 0 Å². The number of ether oxygens (including phenoxy) is 1. The van der Waals surface area contributed by atoms with Crippen LogP contribution in [0.15, 0.2) is 34.4 Å². The van der Waals surface area contributed by atoms with Crippen molar-refractivity contribution in [3.05, 3.63) is 29.2 Å². The molecule has 0 aliphatic rings. The van der Waals surface area contributed by atoms with E-state index in [1.807, 2.05) is 0 Å². The Morgan fingerprint density at radius 1 is 1.27 bits per heavy atom. The number of benzene rings is 1. The Bertz CT molecular complexity index is 440. The first-order valence-electron chi connectivity index (χ1n) is 3.98. The fourth-order valence-corrected chi connectivity index (χ4v) is 1.82. The molecule has 1 aromatic rings. The minimum Gasteiger partial charge on any atom is -0.497 e. The maximum atomic E-state index is 11.6. The van der Waals surface area contributed by atoms with E-state index in [4.69, 9.17) is 4.74 Å². The molecule has 0 aliphatic heterocycles. The van der Waals surface area contributed by atoms with Crippen LogP contribution >= 0.6 is 0 Å². The van der Waals surface area contributed by atoms with Crippen molar-refractivity contribution in [2.45, 2.75) is 4.90 Å². The van der Waals surface area contributed by atoms with E-state index in [-0.39, 0.29) is 4.90 Å². The van der Waals surface area contributed by atoms with E-state index in [1.165, 1.54) is 31.4 Å². The maximum Gasteiger partial charge on any atom is 0.281 e. The molecule has 1 aromatic carbocycles. The van der Waals surface area contributed by atoms with Gasteiger partial charge in [0.25, 0.3) is 10.0 Å². The van der Waals surface area contributed by atoms with Crippen molar-refractivity contribution in [2.24, 2.45) is 5.29 Å². The summed E-state index contributed by atoms with van der Waals surface area (Å²) in [6.07, 6.45) is 0. The predicted octanol–water partition coefficient (Wildman–Crippen LogP) is 0.997. The molecule has 0 radical (unpaired) electrons. The van der Waals surface area contributed by atoms with Gasteiger partial charge in [-0.3, -0.25) is 0 Å². The number of methoxy groups -OCH3 is 1. The Morgan fingerprint density at radius 2 is 1.80 bits per heavy atom.